The highest BCUT2D eigenvalue weighted by Gasteiger charge is 2.13. The van der Waals surface area contributed by atoms with Gasteiger partial charge in [0.15, 0.2) is 0 Å². The van der Waals surface area contributed by atoms with E-state index in [2.05, 4.69) is 35.0 Å². The summed E-state index contributed by atoms with van der Waals surface area (Å²) >= 11 is 0. The summed E-state index contributed by atoms with van der Waals surface area (Å²) in [5.41, 5.74) is 2.46. The van der Waals surface area contributed by atoms with Crippen LogP contribution < -0.4 is 5.32 Å². The van der Waals surface area contributed by atoms with Crippen LogP contribution in [0.2, 0.25) is 0 Å². The fourth-order valence-corrected chi connectivity index (χ4v) is 2.85. The molecule has 0 saturated heterocycles. The monoisotopic (exact) mass is 279 g/mol. The van der Waals surface area contributed by atoms with Crippen LogP contribution in [0.5, 0.6) is 0 Å². The van der Waals surface area contributed by atoms with Crippen molar-refractivity contribution in [2.45, 2.75) is 71.6 Å². The van der Waals surface area contributed by atoms with E-state index in [0.29, 0.717) is 6.10 Å². The Labute approximate surface area is 122 Å². The molecule has 0 aromatic carbocycles. The van der Waals surface area contributed by atoms with Crippen LogP contribution >= 0.6 is 0 Å². The minimum absolute atomic E-state index is 0.512. The minimum Gasteiger partial charge on any atom is -0.377 e. The van der Waals surface area contributed by atoms with E-state index in [1.165, 1.54) is 43.5 Å². The van der Waals surface area contributed by atoms with Gasteiger partial charge in [-0.3, -0.25) is 4.68 Å². The molecule has 20 heavy (non-hydrogen) atoms. The standard InChI is InChI=1S/C16H29N3O/c1-3-14-12-15(19(4-2)18-14)13-17-10-11-20-16-8-6-5-7-9-16/h12,16-17H,3-11,13H2,1-2H3. The first-order chi connectivity index (χ1) is 9.83. The predicted molar refractivity (Wildman–Crippen MR) is 81.8 cm³/mol. The largest absolute Gasteiger partial charge is 0.377 e. The van der Waals surface area contributed by atoms with Crippen LogP contribution in [0.3, 0.4) is 0 Å². The molecule has 1 N–H and O–H groups in total. The molecule has 1 aliphatic carbocycles. The fourth-order valence-electron chi connectivity index (χ4n) is 2.85. The van der Waals surface area contributed by atoms with E-state index >= 15 is 0 Å². The van der Waals surface area contributed by atoms with Gasteiger partial charge in [0.1, 0.15) is 0 Å². The Morgan fingerprint density at radius 1 is 1.30 bits per heavy atom. The van der Waals surface area contributed by atoms with E-state index in [-0.39, 0.29) is 0 Å². The van der Waals surface area contributed by atoms with E-state index in [9.17, 15) is 0 Å². The zero-order valence-corrected chi connectivity index (χ0v) is 13.0. The lowest BCUT2D eigenvalue weighted by Crippen LogP contribution is -2.25. The van der Waals surface area contributed by atoms with Crippen molar-refractivity contribution < 1.29 is 4.74 Å². The van der Waals surface area contributed by atoms with Crippen molar-refractivity contribution >= 4 is 0 Å². The number of ether oxygens (including phenoxy) is 1. The average molecular weight is 279 g/mol. The van der Waals surface area contributed by atoms with Gasteiger partial charge in [-0.25, -0.2) is 0 Å². The Bertz CT molecular complexity index is 383. The van der Waals surface area contributed by atoms with Gasteiger partial charge in [0.25, 0.3) is 0 Å². The van der Waals surface area contributed by atoms with Gasteiger partial charge in [0.05, 0.1) is 24.1 Å². The smallest absolute Gasteiger partial charge is 0.0625 e. The minimum atomic E-state index is 0.512. The zero-order valence-electron chi connectivity index (χ0n) is 13.0. The van der Waals surface area contributed by atoms with Gasteiger partial charge in [-0.1, -0.05) is 26.2 Å². The van der Waals surface area contributed by atoms with Gasteiger partial charge in [-0.15, -0.1) is 0 Å². The molecule has 1 aliphatic rings. The number of aryl methyl sites for hydroxylation is 2. The van der Waals surface area contributed by atoms with Crippen molar-refractivity contribution in [1.29, 1.82) is 0 Å². The summed E-state index contributed by atoms with van der Waals surface area (Å²) < 4.78 is 8.01. The molecule has 1 saturated carbocycles. The SMILES string of the molecule is CCc1cc(CNCCOC2CCCCC2)n(CC)n1. The normalized spacial score (nSPS) is 16.7. The van der Waals surface area contributed by atoms with Crippen molar-refractivity contribution in [3.8, 4) is 0 Å². The molecule has 0 bridgehead atoms. The van der Waals surface area contributed by atoms with Crippen molar-refractivity contribution in [2.75, 3.05) is 13.2 Å². The molecule has 2 rings (SSSR count). The Balaban J connectivity index is 1.63. The van der Waals surface area contributed by atoms with Crippen LogP contribution in [-0.4, -0.2) is 29.0 Å². The second kappa shape index (κ2) is 8.42. The van der Waals surface area contributed by atoms with Crippen LogP contribution in [0.25, 0.3) is 0 Å². The van der Waals surface area contributed by atoms with Gasteiger partial charge >= 0.3 is 0 Å². The second-order valence-corrected chi connectivity index (χ2v) is 5.60. The fraction of sp³-hybridized carbons (Fsp3) is 0.812. The molecule has 1 fully saturated rings. The Kier molecular flexibility index (Phi) is 6.54. The summed E-state index contributed by atoms with van der Waals surface area (Å²) in [6, 6.07) is 2.21. The molecule has 0 amide bonds. The first-order valence-corrected chi connectivity index (χ1v) is 8.21. The number of aromatic nitrogens is 2. The highest BCUT2D eigenvalue weighted by Crippen LogP contribution is 2.19. The predicted octanol–water partition coefficient (Wildman–Crippen LogP) is 2.90. The van der Waals surface area contributed by atoms with E-state index in [0.717, 1.165) is 32.7 Å². The maximum atomic E-state index is 5.92. The molecule has 4 heteroatoms. The third-order valence-electron chi connectivity index (χ3n) is 4.07. The maximum absolute atomic E-state index is 5.92. The van der Waals surface area contributed by atoms with Gasteiger partial charge in [0, 0.05) is 19.6 Å². The molecule has 114 valence electrons. The highest BCUT2D eigenvalue weighted by molar-refractivity contribution is 5.10. The lowest BCUT2D eigenvalue weighted by Gasteiger charge is -2.22. The molecule has 4 nitrogen and oxygen atoms in total. The number of nitrogens with zero attached hydrogens (tertiary/aromatic N) is 2. The van der Waals surface area contributed by atoms with Crippen LogP contribution in [0.4, 0.5) is 0 Å². The van der Waals surface area contributed by atoms with E-state index < -0.39 is 0 Å². The summed E-state index contributed by atoms with van der Waals surface area (Å²) in [4.78, 5) is 0. The molecule has 1 heterocycles. The van der Waals surface area contributed by atoms with Gasteiger partial charge < -0.3 is 10.1 Å². The average Bonchev–Trinajstić information content (AvgIpc) is 2.90. The summed E-state index contributed by atoms with van der Waals surface area (Å²) in [5.74, 6) is 0. The van der Waals surface area contributed by atoms with Crippen molar-refractivity contribution in [2.24, 2.45) is 0 Å². The van der Waals surface area contributed by atoms with Crippen molar-refractivity contribution in [1.82, 2.24) is 15.1 Å². The molecule has 0 aliphatic heterocycles. The van der Waals surface area contributed by atoms with Crippen molar-refractivity contribution in [3.05, 3.63) is 17.5 Å². The lowest BCUT2D eigenvalue weighted by atomic mass is 9.98. The van der Waals surface area contributed by atoms with E-state index in [4.69, 9.17) is 4.74 Å². The molecule has 0 unspecified atom stereocenters. The third-order valence-corrected chi connectivity index (χ3v) is 4.07. The van der Waals surface area contributed by atoms with Crippen molar-refractivity contribution in [3.63, 3.8) is 0 Å². The number of nitrogens with one attached hydrogen (secondary N) is 1. The molecule has 0 spiro atoms. The molecule has 1 aromatic heterocycles. The number of hydrogen-bond acceptors (Lipinski definition) is 3. The summed E-state index contributed by atoms with van der Waals surface area (Å²) in [6.07, 6.45) is 8.09. The van der Waals surface area contributed by atoms with Crippen LogP contribution in [-0.2, 0) is 24.2 Å². The quantitative estimate of drug-likeness (QED) is 0.744. The van der Waals surface area contributed by atoms with Crippen LogP contribution in [0, 0.1) is 0 Å². The topological polar surface area (TPSA) is 39.1 Å². The summed E-state index contributed by atoms with van der Waals surface area (Å²) in [6.45, 7) is 7.86. The summed E-state index contributed by atoms with van der Waals surface area (Å²) in [5, 5.41) is 8.03. The zero-order chi connectivity index (χ0) is 14.2. The lowest BCUT2D eigenvalue weighted by molar-refractivity contribution is 0.0302. The third kappa shape index (κ3) is 4.60. The van der Waals surface area contributed by atoms with E-state index in [1.807, 2.05) is 0 Å². The number of rotatable bonds is 8. The van der Waals surface area contributed by atoms with Gasteiger partial charge in [0.2, 0.25) is 0 Å². The van der Waals surface area contributed by atoms with Gasteiger partial charge in [-0.05, 0) is 32.3 Å². The Morgan fingerprint density at radius 2 is 2.10 bits per heavy atom. The first kappa shape index (κ1) is 15.5. The maximum Gasteiger partial charge on any atom is 0.0625 e. The second-order valence-electron chi connectivity index (χ2n) is 5.60. The highest BCUT2D eigenvalue weighted by atomic mass is 16.5. The van der Waals surface area contributed by atoms with Gasteiger partial charge in [-0.2, -0.15) is 5.10 Å². The summed E-state index contributed by atoms with van der Waals surface area (Å²) in [7, 11) is 0. The molecular weight excluding hydrogens is 250 g/mol. The Morgan fingerprint density at radius 3 is 2.80 bits per heavy atom. The molecule has 0 radical (unpaired) electrons. The Hall–Kier alpha value is -0.870. The van der Waals surface area contributed by atoms with Crippen LogP contribution in [0.1, 0.15) is 57.3 Å². The first-order valence-electron chi connectivity index (χ1n) is 8.21. The molecular formula is C16H29N3O. The number of hydrogen-bond donors (Lipinski definition) is 1. The van der Waals surface area contributed by atoms with Crippen LogP contribution in [0.15, 0.2) is 6.07 Å². The molecule has 1 aromatic rings. The van der Waals surface area contributed by atoms with E-state index in [1.54, 1.807) is 0 Å². The molecule has 0 atom stereocenters.